The number of methoxy groups -OCH3 is 1. The molecule has 132 valence electrons. The first-order valence-corrected chi connectivity index (χ1v) is 8.38. The molecule has 1 aliphatic rings. The molecule has 0 aliphatic carbocycles. The zero-order chi connectivity index (χ0) is 17.5. The average molecular weight is 342 g/mol. The van der Waals surface area contributed by atoms with Gasteiger partial charge in [-0.25, -0.2) is 4.98 Å². The Labute approximate surface area is 147 Å². The van der Waals surface area contributed by atoms with Crippen molar-refractivity contribution in [1.82, 2.24) is 10.3 Å². The van der Waals surface area contributed by atoms with Gasteiger partial charge >= 0.3 is 0 Å². The van der Waals surface area contributed by atoms with Crippen LogP contribution in [-0.4, -0.2) is 30.7 Å². The van der Waals surface area contributed by atoms with E-state index in [-0.39, 0.29) is 12.0 Å². The summed E-state index contributed by atoms with van der Waals surface area (Å²) in [6.07, 6.45) is 4.19. The Hall–Kier alpha value is -2.60. The predicted octanol–water partition coefficient (Wildman–Crippen LogP) is 3.07. The van der Waals surface area contributed by atoms with Crippen molar-refractivity contribution < 1.29 is 19.0 Å². The molecule has 0 radical (unpaired) electrons. The quantitative estimate of drug-likeness (QED) is 0.837. The lowest BCUT2D eigenvalue weighted by molar-refractivity contribution is -0.123. The number of hydrogen-bond acceptors (Lipinski definition) is 5. The van der Waals surface area contributed by atoms with Crippen LogP contribution < -0.4 is 14.8 Å². The molecule has 6 nitrogen and oxygen atoms in total. The van der Waals surface area contributed by atoms with Crippen LogP contribution in [0.15, 0.2) is 42.6 Å². The van der Waals surface area contributed by atoms with Crippen LogP contribution in [0.3, 0.4) is 0 Å². The number of ether oxygens (including phenoxy) is 3. The highest BCUT2D eigenvalue weighted by molar-refractivity contribution is 5.76. The summed E-state index contributed by atoms with van der Waals surface area (Å²) in [6.45, 7) is 1.21. The van der Waals surface area contributed by atoms with Gasteiger partial charge in [0, 0.05) is 25.4 Å². The third kappa shape index (κ3) is 5.19. The number of aromatic nitrogens is 1. The van der Waals surface area contributed by atoms with E-state index in [1.54, 1.807) is 19.4 Å². The van der Waals surface area contributed by atoms with E-state index in [0.29, 0.717) is 24.6 Å². The van der Waals surface area contributed by atoms with Gasteiger partial charge in [0.2, 0.25) is 11.8 Å². The zero-order valence-corrected chi connectivity index (χ0v) is 14.2. The van der Waals surface area contributed by atoms with Crippen molar-refractivity contribution in [1.29, 1.82) is 0 Å². The molecular formula is C19H22N2O4. The van der Waals surface area contributed by atoms with E-state index in [2.05, 4.69) is 10.3 Å². The number of hydrogen-bond donors (Lipinski definition) is 1. The van der Waals surface area contributed by atoms with E-state index >= 15 is 0 Å². The Kier molecular flexibility index (Phi) is 5.85. The topological polar surface area (TPSA) is 69.7 Å². The third-order valence-electron chi connectivity index (χ3n) is 4.01. The standard InChI is InChI=1S/C19H22N2O4/c1-23-15-5-7-16(8-6-15)25-19-9-4-14(13-21-19)12-20-18(22)11-17-3-2-10-24-17/h4-9,13,17H,2-3,10-12H2,1H3,(H,20,22). The van der Waals surface area contributed by atoms with Crippen LogP contribution in [-0.2, 0) is 16.1 Å². The Balaban J connectivity index is 1.47. The fourth-order valence-electron chi connectivity index (χ4n) is 2.63. The van der Waals surface area contributed by atoms with Crippen LogP contribution in [0.2, 0.25) is 0 Å². The summed E-state index contributed by atoms with van der Waals surface area (Å²) in [5, 5.41) is 2.89. The Bertz CT molecular complexity index is 680. The van der Waals surface area contributed by atoms with Gasteiger partial charge in [-0.05, 0) is 42.7 Å². The van der Waals surface area contributed by atoms with E-state index in [0.717, 1.165) is 30.8 Å². The molecule has 6 heteroatoms. The maximum atomic E-state index is 11.9. The molecular weight excluding hydrogens is 320 g/mol. The van der Waals surface area contributed by atoms with Gasteiger partial charge in [0.15, 0.2) is 0 Å². The summed E-state index contributed by atoms with van der Waals surface area (Å²) >= 11 is 0. The summed E-state index contributed by atoms with van der Waals surface area (Å²) in [4.78, 5) is 16.2. The highest BCUT2D eigenvalue weighted by atomic mass is 16.5. The minimum atomic E-state index is 0.00505. The number of nitrogens with zero attached hydrogens (tertiary/aromatic N) is 1. The second-order valence-corrected chi connectivity index (χ2v) is 5.90. The first kappa shape index (κ1) is 17.2. The van der Waals surface area contributed by atoms with E-state index in [1.807, 2.05) is 30.3 Å². The van der Waals surface area contributed by atoms with Crippen LogP contribution in [0.5, 0.6) is 17.4 Å². The van der Waals surface area contributed by atoms with E-state index in [4.69, 9.17) is 14.2 Å². The lowest BCUT2D eigenvalue weighted by Crippen LogP contribution is -2.26. The van der Waals surface area contributed by atoms with Crippen LogP contribution in [0.25, 0.3) is 0 Å². The maximum Gasteiger partial charge on any atom is 0.222 e. The van der Waals surface area contributed by atoms with Crippen molar-refractivity contribution in [3.05, 3.63) is 48.2 Å². The Morgan fingerprint density at radius 2 is 2.04 bits per heavy atom. The molecule has 3 rings (SSSR count). The van der Waals surface area contributed by atoms with E-state index in [9.17, 15) is 4.79 Å². The molecule has 1 N–H and O–H groups in total. The summed E-state index contributed by atoms with van der Waals surface area (Å²) < 4.78 is 16.3. The fourth-order valence-corrected chi connectivity index (χ4v) is 2.63. The Morgan fingerprint density at radius 1 is 1.24 bits per heavy atom. The average Bonchev–Trinajstić information content (AvgIpc) is 3.15. The first-order chi connectivity index (χ1) is 12.2. The van der Waals surface area contributed by atoms with Gasteiger partial charge < -0.3 is 19.5 Å². The van der Waals surface area contributed by atoms with E-state index < -0.39 is 0 Å². The number of pyridine rings is 1. The highest BCUT2D eigenvalue weighted by Gasteiger charge is 2.18. The minimum Gasteiger partial charge on any atom is -0.497 e. The lowest BCUT2D eigenvalue weighted by atomic mass is 10.2. The number of rotatable bonds is 7. The first-order valence-electron chi connectivity index (χ1n) is 8.38. The van der Waals surface area contributed by atoms with Gasteiger partial charge in [0.05, 0.1) is 19.6 Å². The van der Waals surface area contributed by atoms with Gasteiger partial charge in [-0.15, -0.1) is 0 Å². The van der Waals surface area contributed by atoms with Crippen molar-refractivity contribution in [2.45, 2.75) is 31.9 Å². The molecule has 1 atom stereocenters. The van der Waals surface area contributed by atoms with Crippen LogP contribution >= 0.6 is 0 Å². The van der Waals surface area contributed by atoms with Gasteiger partial charge in [-0.3, -0.25) is 4.79 Å². The van der Waals surface area contributed by atoms with Gasteiger partial charge in [0.1, 0.15) is 11.5 Å². The molecule has 1 aliphatic heterocycles. The van der Waals surface area contributed by atoms with Crippen LogP contribution in [0.1, 0.15) is 24.8 Å². The molecule has 1 amide bonds. The molecule has 0 spiro atoms. The van der Waals surface area contributed by atoms with Crippen molar-refractivity contribution in [2.75, 3.05) is 13.7 Å². The van der Waals surface area contributed by atoms with Crippen molar-refractivity contribution in [2.24, 2.45) is 0 Å². The molecule has 1 fully saturated rings. The summed E-state index contributed by atoms with van der Waals surface area (Å²) in [5.74, 6) is 1.96. The largest absolute Gasteiger partial charge is 0.497 e. The fraction of sp³-hybridized carbons (Fsp3) is 0.368. The zero-order valence-electron chi connectivity index (χ0n) is 14.2. The van der Waals surface area contributed by atoms with Crippen molar-refractivity contribution in [3.63, 3.8) is 0 Å². The van der Waals surface area contributed by atoms with E-state index in [1.165, 1.54) is 0 Å². The molecule has 1 saturated heterocycles. The molecule has 2 heterocycles. The second kappa shape index (κ2) is 8.48. The molecule has 2 aromatic rings. The number of carbonyl (C=O) groups excluding carboxylic acids is 1. The van der Waals surface area contributed by atoms with Crippen LogP contribution in [0, 0.1) is 0 Å². The predicted molar refractivity (Wildman–Crippen MR) is 92.7 cm³/mol. The number of benzene rings is 1. The molecule has 1 aromatic heterocycles. The van der Waals surface area contributed by atoms with Gasteiger partial charge in [-0.1, -0.05) is 6.07 Å². The highest BCUT2D eigenvalue weighted by Crippen LogP contribution is 2.22. The number of nitrogens with one attached hydrogen (secondary N) is 1. The number of carbonyl (C=O) groups is 1. The van der Waals surface area contributed by atoms with Crippen molar-refractivity contribution >= 4 is 5.91 Å². The van der Waals surface area contributed by atoms with Crippen molar-refractivity contribution in [3.8, 4) is 17.4 Å². The molecule has 1 unspecified atom stereocenters. The molecule has 1 aromatic carbocycles. The summed E-state index contributed by atoms with van der Waals surface area (Å²) in [6, 6.07) is 11.0. The summed E-state index contributed by atoms with van der Waals surface area (Å²) in [5.41, 5.74) is 0.919. The second-order valence-electron chi connectivity index (χ2n) is 5.90. The Morgan fingerprint density at radius 3 is 2.68 bits per heavy atom. The number of amides is 1. The van der Waals surface area contributed by atoms with Gasteiger partial charge in [-0.2, -0.15) is 0 Å². The SMILES string of the molecule is COc1ccc(Oc2ccc(CNC(=O)CC3CCCO3)cn2)cc1. The summed E-state index contributed by atoms with van der Waals surface area (Å²) in [7, 11) is 1.62. The molecule has 0 saturated carbocycles. The molecule has 25 heavy (non-hydrogen) atoms. The molecule has 0 bridgehead atoms. The van der Waals surface area contributed by atoms with Gasteiger partial charge in [0.25, 0.3) is 0 Å². The third-order valence-corrected chi connectivity index (χ3v) is 4.01. The minimum absolute atomic E-state index is 0.00505. The normalized spacial score (nSPS) is 16.4. The maximum absolute atomic E-state index is 11.9. The van der Waals surface area contributed by atoms with Crippen LogP contribution in [0.4, 0.5) is 0 Å². The monoisotopic (exact) mass is 342 g/mol. The smallest absolute Gasteiger partial charge is 0.222 e. The lowest BCUT2D eigenvalue weighted by Gasteiger charge is -2.10.